The van der Waals surface area contributed by atoms with E-state index in [4.69, 9.17) is 4.74 Å². The molecule has 1 rings (SSSR count). The molecule has 1 heterocycles. The fourth-order valence-corrected chi connectivity index (χ4v) is 2.42. The molecule has 0 aromatic rings. The van der Waals surface area contributed by atoms with E-state index in [-0.39, 0.29) is 12.5 Å². The van der Waals surface area contributed by atoms with E-state index < -0.39 is 11.7 Å². The van der Waals surface area contributed by atoms with Crippen molar-refractivity contribution in [3.8, 4) is 0 Å². The van der Waals surface area contributed by atoms with E-state index >= 15 is 0 Å². The molecule has 0 fully saturated rings. The van der Waals surface area contributed by atoms with Gasteiger partial charge in [0.05, 0.1) is 0 Å². The van der Waals surface area contributed by atoms with Crippen molar-refractivity contribution in [2.24, 2.45) is 4.99 Å². The third-order valence-electron chi connectivity index (χ3n) is 4.00. The Bertz CT molecular complexity index is 328. The van der Waals surface area contributed by atoms with Crippen LogP contribution in [-0.4, -0.2) is 24.2 Å². The van der Waals surface area contributed by atoms with Gasteiger partial charge in [-0.2, -0.15) is 13.2 Å². The number of aliphatic imine (C=N–C) groups is 1. The maximum Gasteiger partial charge on any atom is 0.416 e. The van der Waals surface area contributed by atoms with Gasteiger partial charge in [-0.25, -0.2) is 4.99 Å². The third-order valence-corrected chi connectivity index (χ3v) is 4.00. The number of halogens is 3. The van der Waals surface area contributed by atoms with Crippen molar-refractivity contribution in [2.75, 3.05) is 6.61 Å². The highest BCUT2D eigenvalue weighted by molar-refractivity contribution is 5.78. The van der Waals surface area contributed by atoms with Gasteiger partial charge in [0, 0.05) is 6.42 Å². The summed E-state index contributed by atoms with van der Waals surface area (Å²) in [6.45, 7) is 2.93. The van der Waals surface area contributed by atoms with Crippen molar-refractivity contribution >= 4 is 5.90 Å². The van der Waals surface area contributed by atoms with E-state index in [1.165, 1.54) is 38.5 Å². The first-order valence-electron chi connectivity index (χ1n) is 8.17. The molecular formula is C16H28F3NO. The van der Waals surface area contributed by atoms with Crippen LogP contribution in [0, 0.1) is 0 Å². The van der Waals surface area contributed by atoms with Crippen LogP contribution >= 0.6 is 0 Å². The predicted molar refractivity (Wildman–Crippen MR) is 79.7 cm³/mol. The topological polar surface area (TPSA) is 21.6 Å². The summed E-state index contributed by atoms with van der Waals surface area (Å²) in [4.78, 5) is 3.73. The second kappa shape index (κ2) is 8.64. The van der Waals surface area contributed by atoms with Crippen molar-refractivity contribution in [1.29, 1.82) is 0 Å². The number of rotatable bonds is 10. The summed E-state index contributed by atoms with van der Waals surface area (Å²) >= 11 is 0. The monoisotopic (exact) mass is 307 g/mol. The van der Waals surface area contributed by atoms with Crippen LogP contribution in [0.3, 0.4) is 0 Å². The van der Waals surface area contributed by atoms with Crippen molar-refractivity contribution in [1.82, 2.24) is 0 Å². The first-order chi connectivity index (χ1) is 9.89. The quantitative estimate of drug-likeness (QED) is 0.477. The lowest BCUT2D eigenvalue weighted by Crippen LogP contribution is -2.41. The third kappa shape index (κ3) is 6.27. The normalized spacial score (nSPS) is 22.2. The van der Waals surface area contributed by atoms with Crippen LogP contribution in [0.25, 0.3) is 0 Å². The fourth-order valence-electron chi connectivity index (χ4n) is 2.42. The molecule has 1 aliphatic heterocycles. The molecule has 0 bridgehead atoms. The van der Waals surface area contributed by atoms with Crippen molar-refractivity contribution < 1.29 is 17.9 Å². The van der Waals surface area contributed by atoms with Crippen LogP contribution in [0.1, 0.15) is 78.1 Å². The van der Waals surface area contributed by atoms with Gasteiger partial charge in [-0.15, -0.1) is 0 Å². The van der Waals surface area contributed by atoms with Gasteiger partial charge in [-0.05, 0) is 13.3 Å². The number of nitrogens with zero attached hydrogens (tertiary/aromatic N) is 1. The first-order valence-corrected chi connectivity index (χ1v) is 8.17. The molecule has 0 amide bonds. The number of ether oxygens (including phenoxy) is 1. The van der Waals surface area contributed by atoms with E-state index in [0.29, 0.717) is 6.42 Å². The van der Waals surface area contributed by atoms with Crippen LogP contribution in [0.4, 0.5) is 13.2 Å². The summed E-state index contributed by atoms with van der Waals surface area (Å²) in [6.07, 6.45) is 6.94. The SMILES string of the molecule is CCCCCCCCCCCC1=NC(C)(C(F)(F)F)CO1. The highest BCUT2D eigenvalue weighted by Crippen LogP contribution is 2.37. The summed E-state index contributed by atoms with van der Waals surface area (Å²) in [5.41, 5.74) is -2.04. The van der Waals surface area contributed by atoms with Gasteiger partial charge in [-0.1, -0.05) is 58.3 Å². The highest BCUT2D eigenvalue weighted by Gasteiger charge is 2.54. The zero-order valence-corrected chi connectivity index (χ0v) is 13.3. The number of hydrogen-bond donors (Lipinski definition) is 0. The van der Waals surface area contributed by atoms with E-state index in [9.17, 15) is 13.2 Å². The van der Waals surface area contributed by atoms with E-state index in [0.717, 1.165) is 26.2 Å². The molecule has 0 spiro atoms. The molecule has 1 atom stereocenters. The molecule has 2 nitrogen and oxygen atoms in total. The molecule has 0 aromatic carbocycles. The van der Waals surface area contributed by atoms with Gasteiger partial charge >= 0.3 is 6.18 Å². The average molecular weight is 307 g/mol. The summed E-state index contributed by atoms with van der Waals surface area (Å²) in [5.74, 6) is 0.276. The van der Waals surface area contributed by atoms with E-state index in [2.05, 4.69) is 11.9 Å². The van der Waals surface area contributed by atoms with Crippen molar-refractivity contribution in [3.63, 3.8) is 0 Å². The Labute approximate surface area is 126 Å². The van der Waals surface area contributed by atoms with Gasteiger partial charge in [0.15, 0.2) is 11.4 Å². The van der Waals surface area contributed by atoms with E-state index in [1.807, 2.05) is 0 Å². The highest BCUT2D eigenvalue weighted by atomic mass is 19.4. The van der Waals surface area contributed by atoms with Crippen LogP contribution in [0.5, 0.6) is 0 Å². The summed E-state index contributed by atoms with van der Waals surface area (Å²) in [7, 11) is 0. The van der Waals surface area contributed by atoms with Gasteiger partial charge in [0.2, 0.25) is 0 Å². The zero-order chi connectivity index (χ0) is 15.8. The molecule has 0 N–H and O–H groups in total. The zero-order valence-electron chi connectivity index (χ0n) is 13.3. The molecule has 124 valence electrons. The molecule has 0 saturated heterocycles. The molecule has 1 aliphatic rings. The predicted octanol–water partition coefficient (Wildman–Crippen LogP) is 5.66. The van der Waals surface area contributed by atoms with Crippen LogP contribution < -0.4 is 0 Å². The minimum absolute atomic E-state index is 0.276. The number of hydrogen-bond acceptors (Lipinski definition) is 2. The van der Waals surface area contributed by atoms with E-state index in [1.54, 1.807) is 0 Å². The molecule has 0 aliphatic carbocycles. The lowest BCUT2D eigenvalue weighted by molar-refractivity contribution is -0.182. The van der Waals surface area contributed by atoms with Gasteiger partial charge in [0.25, 0.3) is 0 Å². The largest absolute Gasteiger partial charge is 0.478 e. The number of alkyl halides is 3. The lowest BCUT2D eigenvalue weighted by atomic mass is 10.1. The van der Waals surface area contributed by atoms with Gasteiger partial charge in [-0.3, -0.25) is 0 Å². The standard InChI is InChI=1S/C16H28F3NO/c1-3-4-5-6-7-8-9-10-11-12-14-20-15(2,13-21-14)16(17,18)19/h3-13H2,1-2H3. The number of unbranched alkanes of at least 4 members (excludes halogenated alkanes) is 8. The molecule has 0 aromatic heterocycles. The maximum absolute atomic E-state index is 12.7. The minimum atomic E-state index is -4.33. The Kier molecular flexibility index (Phi) is 7.53. The second-order valence-corrected chi connectivity index (χ2v) is 6.14. The van der Waals surface area contributed by atoms with Crippen molar-refractivity contribution in [2.45, 2.75) is 89.8 Å². The van der Waals surface area contributed by atoms with Crippen LogP contribution in [0.15, 0.2) is 4.99 Å². The molecule has 1 unspecified atom stereocenters. The molecule has 5 heteroatoms. The first kappa shape index (κ1) is 18.3. The minimum Gasteiger partial charge on any atom is -0.478 e. The molecule has 0 radical (unpaired) electrons. The Morgan fingerprint density at radius 3 is 2.00 bits per heavy atom. The molecule has 0 saturated carbocycles. The Hall–Kier alpha value is -0.740. The average Bonchev–Trinajstić information content (AvgIpc) is 2.80. The van der Waals surface area contributed by atoms with Crippen LogP contribution in [-0.2, 0) is 4.74 Å². The maximum atomic E-state index is 12.7. The summed E-state index contributed by atoms with van der Waals surface area (Å²) < 4.78 is 43.3. The van der Waals surface area contributed by atoms with Gasteiger partial charge in [0.1, 0.15) is 6.61 Å². The lowest BCUT2D eigenvalue weighted by Gasteiger charge is -2.21. The fraction of sp³-hybridized carbons (Fsp3) is 0.938. The van der Waals surface area contributed by atoms with Crippen LogP contribution in [0.2, 0.25) is 0 Å². The Balaban J connectivity index is 2.08. The molecular weight excluding hydrogens is 279 g/mol. The Morgan fingerprint density at radius 1 is 1.00 bits per heavy atom. The molecule has 21 heavy (non-hydrogen) atoms. The Morgan fingerprint density at radius 2 is 1.52 bits per heavy atom. The van der Waals surface area contributed by atoms with Gasteiger partial charge < -0.3 is 4.74 Å². The second-order valence-electron chi connectivity index (χ2n) is 6.14. The van der Waals surface area contributed by atoms with Crippen molar-refractivity contribution in [3.05, 3.63) is 0 Å². The smallest absolute Gasteiger partial charge is 0.416 e. The summed E-state index contributed by atoms with van der Waals surface area (Å²) in [5, 5.41) is 0. The summed E-state index contributed by atoms with van der Waals surface area (Å²) in [6, 6.07) is 0.